The summed E-state index contributed by atoms with van der Waals surface area (Å²) in [7, 11) is 0. The number of pyridine rings is 1. The molecule has 0 aliphatic rings. The van der Waals surface area contributed by atoms with Crippen molar-refractivity contribution in [3.05, 3.63) is 46.5 Å². The summed E-state index contributed by atoms with van der Waals surface area (Å²) in [6.07, 6.45) is 0. The average Bonchev–Trinajstić information content (AvgIpc) is 2.88. The first-order valence-electron chi connectivity index (χ1n) is 6.42. The van der Waals surface area contributed by atoms with E-state index in [9.17, 15) is 19.1 Å². The van der Waals surface area contributed by atoms with Crippen LogP contribution in [0.1, 0.15) is 0 Å². The number of aromatic nitrogens is 2. The van der Waals surface area contributed by atoms with Crippen molar-refractivity contribution >= 4 is 45.0 Å². The van der Waals surface area contributed by atoms with Crippen LogP contribution >= 0.6 is 23.1 Å². The van der Waals surface area contributed by atoms with E-state index >= 15 is 0 Å². The van der Waals surface area contributed by atoms with Gasteiger partial charge >= 0.3 is 0 Å². The average molecular weight is 351 g/mol. The second kappa shape index (κ2) is 6.39. The Labute approximate surface area is 137 Å². The molecule has 2 heterocycles. The number of aromatic hydroxyl groups is 1. The van der Waals surface area contributed by atoms with Gasteiger partial charge in [-0.05, 0) is 18.2 Å². The number of thioether (sulfide) groups is 1. The van der Waals surface area contributed by atoms with Gasteiger partial charge in [0.05, 0.1) is 5.75 Å². The van der Waals surface area contributed by atoms with Gasteiger partial charge in [0.25, 0.3) is 5.56 Å². The predicted octanol–water partition coefficient (Wildman–Crippen LogP) is 2.56. The summed E-state index contributed by atoms with van der Waals surface area (Å²) < 4.78 is 14.0. The first-order valence-corrected chi connectivity index (χ1v) is 8.22. The fourth-order valence-corrected chi connectivity index (χ4v) is 3.67. The Hall–Kier alpha value is -2.39. The van der Waals surface area contributed by atoms with Crippen molar-refractivity contribution in [2.24, 2.45) is 0 Å². The standard InChI is InChI=1S/C14H10FN3O3S2/c15-7-2-1-3-8(4-7)16-11(21)6-22-14-18-13-12(23-14)9(19)5-10(20)17-13/h1-5H,6H2,(H,16,21)(H2,17,19,20). The molecule has 1 amide bonds. The third-order valence-corrected chi connectivity index (χ3v) is 5.01. The van der Waals surface area contributed by atoms with Crippen LogP contribution in [0.5, 0.6) is 5.75 Å². The minimum atomic E-state index is -0.444. The van der Waals surface area contributed by atoms with Crippen LogP contribution in [0.15, 0.2) is 39.5 Å². The highest BCUT2D eigenvalue weighted by Crippen LogP contribution is 2.32. The monoisotopic (exact) mass is 351 g/mol. The second-order valence-corrected chi connectivity index (χ2v) is 6.75. The lowest BCUT2D eigenvalue weighted by Crippen LogP contribution is -2.13. The van der Waals surface area contributed by atoms with Gasteiger partial charge in [0.15, 0.2) is 9.99 Å². The Kier molecular flexibility index (Phi) is 4.30. The molecule has 0 aliphatic heterocycles. The molecule has 2 aromatic heterocycles. The van der Waals surface area contributed by atoms with E-state index in [1.54, 1.807) is 6.07 Å². The lowest BCUT2D eigenvalue weighted by molar-refractivity contribution is -0.113. The fraction of sp³-hybridized carbons (Fsp3) is 0.0714. The molecular weight excluding hydrogens is 341 g/mol. The Morgan fingerprint density at radius 1 is 1.43 bits per heavy atom. The van der Waals surface area contributed by atoms with Gasteiger partial charge in [-0.2, -0.15) is 0 Å². The molecule has 3 N–H and O–H groups in total. The Bertz CT molecular complexity index is 938. The van der Waals surface area contributed by atoms with E-state index in [0.29, 0.717) is 14.7 Å². The number of nitrogens with one attached hydrogen (secondary N) is 2. The van der Waals surface area contributed by atoms with Crippen molar-refractivity contribution in [2.75, 3.05) is 11.1 Å². The number of aromatic amines is 1. The van der Waals surface area contributed by atoms with Crippen LogP contribution in [0.4, 0.5) is 10.1 Å². The van der Waals surface area contributed by atoms with Crippen molar-refractivity contribution in [3.8, 4) is 5.75 Å². The van der Waals surface area contributed by atoms with E-state index in [2.05, 4.69) is 15.3 Å². The van der Waals surface area contributed by atoms with Crippen molar-refractivity contribution in [3.63, 3.8) is 0 Å². The van der Waals surface area contributed by atoms with Crippen LogP contribution in [-0.4, -0.2) is 26.7 Å². The fourth-order valence-electron chi connectivity index (χ4n) is 1.85. The summed E-state index contributed by atoms with van der Waals surface area (Å²) in [6, 6.07) is 6.68. The zero-order valence-electron chi connectivity index (χ0n) is 11.5. The van der Waals surface area contributed by atoms with E-state index in [4.69, 9.17) is 0 Å². The molecule has 23 heavy (non-hydrogen) atoms. The highest BCUT2D eigenvalue weighted by atomic mass is 32.2. The van der Waals surface area contributed by atoms with Crippen LogP contribution in [0.3, 0.4) is 0 Å². The second-order valence-electron chi connectivity index (χ2n) is 4.52. The minimum Gasteiger partial charge on any atom is -0.506 e. The van der Waals surface area contributed by atoms with Crippen molar-refractivity contribution in [1.29, 1.82) is 0 Å². The first-order chi connectivity index (χ1) is 11.0. The summed E-state index contributed by atoms with van der Waals surface area (Å²) in [5, 5.41) is 12.3. The summed E-state index contributed by atoms with van der Waals surface area (Å²) in [5.74, 6) is -0.808. The summed E-state index contributed by atoms with van der Waals surface area (Å²) in [5.41, 5.74) is 0.218. The number of hydrogen-bond acceptors (Lipinski definition) is 6. The third kappa shape index (κ3) is 3.69. The molecule has 0 aliphatic carbocycles. The van der Waals surface area contributed by atoms with E-state index < -0.39 is 11.4 Å². The number of amides is 1. The third-order valence-electron chi connectivity index (χ3n) is 2.78. The van der Waals surface area contributed by atoms with E-state index in [1.165, 1.54) is 29.5 Å². The van der Waals surface area contributed by atoms with Gasteiger partial charge < -0.3 is 15.4 Å². The number of carbonyl (C=O) groups excluding carboxylic acids is 1. The molecule has 0 spiro atoms. The van der Waals surface area contributed by atoms with Crippen LogP contribution in [0.25, 0.3) is 10.3 Å². The first kappa shape index (κ1) is 15.5. The van der Waals surface area contributed by atoms with Crippen molar-refractivity contribution in [2.45, 2.75) is 4.34 Å². The molecule has 6 nitrogen and oxygen atoms in total. The molecule has 0 unspecified atom stereocenters. The number of rotatable bonds is 4. The number of nitrogens with zero attached hydrogens (tertiary/aromatic N) is 1. The normalized spacial score (nSPS) is 10.8. The number of halogens is 1. The molecule has 3 aromatic rings. The predicted molar refractivity (Wildman–Crippen MR) is 87.7 cm³/mol. The molecule has 0 saturated carbocycles. The SMILES string of the molecule is O=C(CSc1nc2[nH]c(=O)cc(O)c2s1)Nc1cccc(F)c1. The lowest BCUT2D eigenvalue weighted by Gasteiger charge is -2.03. The van der Waals surface area contributed by atoms with Gasteiger partial charge in [-0.15, -0.1) is 11.3 Å². The Morgan fingerprint density at radius 3 is 3.04 bits per heavy atom. The summed E-state index contributed by atoms with van der Waals surface area (Å²) in [6.45, 7) is 0. The minimum absolute atomic E-state index is 0.0708. The van der Waals surface area contributed by atoms with E-state index in [1.807, 2.05) is 0 Å². The van der Waals surface area contributed by atoms with Gasteiger partial charge in [0.1, 0.15) is 16.3 Å². The highest BCUT2D eigenvalue weighted by molar-refractivity contribution is 8.01. The highest BCUT2D eigenvalue weighted by Gasteiger charge is 2.12. The van der Waals surface area contributed by atoms with E-state index in [-0.39, 0.29) is 23.1 Å². The zero-order valence-corrected chi connectivity index (χ0v) is 13.1. The maximum atomic E-state index is 13.0. The van der Waals surface area contributed by atoms with Crippen LogP contribution < -0.4 is 10.9 Å². The van der Waals surface area contributed by atoms with Gasteiger partial charge in [-0.25, -0.2) is 9.37 Å². The molecule has 0 bridgehead atoms. The van der Waals surface area contributed by atoms with Crippen molar-refractivity contribution in [1.82, 2.24) is 9.97 Å². The van der Waals surface area contributed by atoms with Gasteiger partial charge in [-0.1, -0.05) is 17.8 Å². The largest absolute Gasteiger partial charge is 0.506 e. The summed E-state index contributed by atoms with van der Waals surface area (Å²) >= 11 is 2.34. The smallest absolute Gasteiger partial charge is 0.253 e. The molecule has 1 aromatic carbocycles. The molecule has 0 radical (unpaired) electrons. The summed E-state index contributed by atoms with van der Waals surface area (Å²) in [4.78, 5) is 29.8. The Morgan fingerprint density at radius 2 is 2.26 bits per heavy atom. The zero-order chi connectivity index (χ0) is 16.4. The molecule has 0 fully saturated rings. The lowest BCUT2D eigenvalue weighted by atomic mass is 10.3. The number of carbonyl (C=O) groups is 1. The number of hydrogen-bond donors (Lipinski definition) is 3. The molecule has 0 saturated heterocycles. The molecule has 118 valence electrons. The number of benzene rings is 1. The van der Waals surface area contributed by atoms with Crippen molar-refractivity contribution < 1.29 is 14.3 Å². The molecule has 0 atom stereocenters. The molecule has 3 rings (SSSR count). The van der Waals surface area contributed by atoms with Crippen LogP contribution in [0.2, 0.25) is 0 Å². The number of anilines is 1. The molecular formula is C14H10FN3O3S2. The molecule has 9 heteroatoms. The maximum Gasteiger partial charge on any atom is 0.253 e. The van der Waals surface area contributed by atoms with Crippen LogP contribution in [0, 0.1) is 5.82 Å². The maximum absolute atomic E-state index is 13.0. The Balaban J connectivity index is 1.67. The van der Waals surface area contributed by atoms with Crippen LogP contribution in [-0.2, 0) is 4.79 Å². The van der Waals surface area contributed by atoms with Gasteiger partial charge in [0, 0.05) is 11.8 Å². The number of H-pyrrole nitrogens is 1. The number of thiazole rings is 1. The van der Waals surface area contributed by atoms with E-state index in [0.717, 1.165) is 17.8 Å². The quantitative estimate of drug-likeness (QED) is 0.628. The van der Waals surface area contributed by atoms with Gasteiger partial charge in [-0.3, -0.25) is 9.59 Å². The van der Waals surface area contributed by atoms with Gasteiger partial charge in [0.2, 0.25) is 5.91 Å². The topological polar surface area (TPSA) is 95.1 Å². The number of fused-ring (bicyclic) bond motifs is 1.